The predicted octanol–water partition coefficient (Wildman–Crippen LogP) is 4.47. The number of ketones is 1. The van der Waals surface area contributed by atoms with Crippen molar-refractivity contribution < 1.29 is 22.8 Å². The first-order valence-electron chi connectivity index (χ1n) is 9.10. The maximum Gasteiger partial charge on any atom is 0.416 e. The van der Waals surface area contributed by atoms with E-state index in [2.05, 4.69) is 20.3 Å². The zero-order valence-corrected chi connectivity index (χ0v) is 17.3. The average molecular weight is 449 g/mol. The number of nitrogens with one attached hydrogen (secondary N) is 1. The molecule has 0 spiro atoms. The van der Waals surface area contributed by atoms with Crippen molar-refractivity contribution in [3.8, 4) is 0 Å². The Kier molecular flexibility index (Phi) is 6.34. The molecule has 0 saturated heterocycles. The summed E-state index contributed by atoms with van der Waals surface area (Å²) < 4.78 is 39.2. The Morgan fingerprint density at radius 1 is 1.19 bits per heavy atom. The van der Waals surface area contributed by atoms with Crippen molar-refractivity contribution in [2.45, 2.75) is 32.4 Å². The Morgan fingerprint density at radius 3 is 2.61 bits per heavy atom. The number of aryl methyl sites for hydroxylation is 1. The van der Waals surface area contributed by atoms with E-state index >= 15 is 0 Å². The summed E-state index contributed by atoms with van der Waals surface area (Å²) in [5, 5.41) is 3.00. The number of rotatable bonds is 6. The van der Waals surface area contributed by atoms with E-state index in [1.807, 2.05) is 0 Å². The van der Waals surface area contributed by atoms with Gasteiger partial charge in [0.25, 0.3) is 5.91 Å². The molecule has 1 aromatic carbocycles. The third-order valence-electron chi connectivity index (χ3n) is 4.44. The average Bonchev–Trinajstić information content (AvgIpc) is 3.19. The normalized spacial score (nSPS) is 12.4. The van der Waals surface area contributed by atoms with Gasteiger partial charge in [0.15, 0.2) is 5.78 Å². The summed E-state index contributed by atoms with van der Waals surface area (Å²) in [6.07, 6.45) is -1.89. The number of thiazole rings is 1. The van der Waals surface area contributed by atoms with Crippen LogP contribution in [-0.4, -0.2) is 26.6 Å². The van der Waals surface area contributed by atoms with Crippen LogP contribution in [0.2, 0.25) is 0 Å². The van der Waals surface area contributed by atoms with Crippen LogP contribution in [0.5, 0.6) is 0 Å². The van der Waals surface area contributed by atoms with Crippen molar-refractivity contribution in [2.75, 3.05) is 11.1 Å². The molecule has 0 saturated carbocycles. The quantitative estimate of drug-likeness (QED) is 0.537. The first-order valence-corrected chi connectivity index (χ1v) is 9.92. The zero-order valence-electron chi connectivity index (χ0n) is 16.5. The molecule has 1 atom stereocenters. The molecule has 1 unspecified atom stereocenters. The number of carbonyl (C=O) groups excluding carboxylic acids is 2. The van der Waals surface area contributed by atoms with Gasteiger partial charge in [0.2, 0.25) is 0 Å². The van der Waals surface area contributed by atoms with E-state index in [1.54, 1.807) is 6.92 Å². The molecule has 3 rings (SSSR count). The number of benzene rings is 1. The summed E-state index contributed by atoms with van der Waals surface area (Å²) in [6, 6.07) is 4.97. The number of nitrogens with two attached hydrogens (primary N) is 1. The molecule has 0 radical (unpaired) electrons. The maximum absolute atomic E-state index is 13.1. The molecule has 31 heavy (non-hydrogen) atoms. The molecule has 0 aliphatic carbocycles. The summed E-state index contributed by atoms with van der Waals surface area (Å²) in [6.45, 7) is 3.13. The monoisotopic (exact) mass is 449 g/mol. The molecule has 0 bridgehead atoms. The summed E-state index contributed by atoms with van der Waals surface area (Å²) >= 11 is 1.07. The van der Waals surface area contributed by atoms with Gasteiger partial charge in [-0.2, -0.15) is 13.2 Å². The largest absolute Gasteiger partial charge is 0.416 e. The molecule has 3 N–H and O–H groups in total. The highest BCUT2D eigenvalue weighted by Gasteiger charge is 2.32. The van der Waals surface area contributed by atoms with Crippen LogP contribution in [0.15, 0.2) is 36.8 Å². The van der Waals surface area contributed by atoms with Gasteiger partial charge in [0.1, 0.15) is 22.7 Å². The van der Waals surface area contributed by atoms with Gasteiger partial charge in [-0.3, -0.25) is 9.59 Å². The lowest BCUT2D eigenvalue weighted by molar-refractivity contribution is -0.138. The minimum absolute atomic E-state index is 0.0300. The van der Waals surface area contributed by atoms with Crippen LogP contribution in [0.3, 0.4) is 0 Å². The number of nitrogens with zero attached hydrogens (tertiary/aromatic N) is 3. The van der Waals surface area contributed by atoms with Gasteiger partial charge in [0, 0.05) is 24.1 Å². The van der Waals surface area contributed by atoms with Crippen molar-refractivity contribution in [2.24, 2.45) is 0 Å². The molecule has 162 valence electrons. The lowest BCUT2D eigenvalue weighted by Gasteiger charge is -2.12. The SMILES string of the molecule is Cc1ccc(NC(=O)c2cnc(C(C)CC(=O)c3cc(N)ncn3)s2)cc1C(F)(F)F. The third-order valence-corrected chi connectivity index (χ3v) is 5.66. The first kappa shape index (κ1) is 22.3. The van der Waals surface area contributed by atoms with E-state index in [-0.39, 0.29) is 45.8 Å². The van der Waals surface area contributed by atoms with E-state index < -0.39 is 17.6 Å². The van der Waals surface area contributed by atoms with Crippen molar-refractivity contribution in [1.82, 2.24) is 15.0 Å². The number of amides is 1. The van der Waals surface area contributed by atoms with Crippen molar-refractivity contribution >= 4 is 34.5 Å². The number of anilines is 2. The first-order chi connectivity index (χ1) is 14.5. The Morgan fingerprint density at radius 2 is 1.94 bits per heavy atom. The predicted molar refractivity (Wildman–Crippen MR) is 110 cm³/mol. The highest BCUT2D eigenvalue weighted by molar-refractivity contribution is 7.13. The van der Waals surface area contributed by atoms with Crippen LogP contribution >= 0.6 is 11.3 Å². The number of hydrogen-bond acceptors (Lipinski definition) is 7. The van der Waals surface area contributed by atoms with Crippen LogP contribution in [0.4, 0.5) is 24.7 Å². The molecule has 2 aromatic heterocycles. The fourth-order valence-corrected chi connectivity index (χ4v) is 3.68. The zero-order chi connectivity index (χ0) is 22.8. The maximum atomic E-state index is 13.1. The van der Waals surface area contributed by atoms with Gasteiger partial charge in [-0.05, 0) is 24.6 Å². The fraction of sp³-hybridized carbons (Fsp3) is 0.250. The van der Waals surface area contributed by atoms with E-state index in [0.717, 1.165) is 17.4 Å². The van der Waals surface area contributed by atoms with Gasteiger partial charge in [0.05, 0.1) is 16.8 Å². The van der Waals surface area contributed by atoms with Crippen LogP contribution < -0.4 is 11.1 Å². The molecule has 11 heteroatoms. The second-order valence-corrected chi connectivity index (χ2v) is 7.96. The van der Waals surface area contributed by atoms with Crippen molar-refractivity contribution in [3.63, 3.8) is 0 Å². The Bertz CT molecular complexity index is 1130. The number of halogens is 3. The van der Waals surface area contributed by atoms with Crippen LogP contribution in [-0.2, 0) is 6.18 Å². The smallest absolute Gasteiger partial charge is 0.384 e. The third kappa shape index (κ3) is 5.43. The van der Waals surface area contributed by atoms with E-state index in [1.165, 1.54) is 37.6 Å². The van der Waals surface area contributed by atoms with Gasteiger partial charge >= 0.3 is 6.18 Å². The number of aromatic nitrogens is 3. The second kappa shape index (κ2) is 8.80. The number of hydrogen-bond donors (Lipinski definition) is 2. The number of nitrogen functional groups attached to an aromatic ring is 1. The number of carbonyl (C=O) groups is 2. The van der Waals surface area contributed by atoms with Gasteiger partial charge in [-0.15, -0.1) is 11.3 Å². The highest BCUT2D eigenvalue weighted by Crippen LogP contribution is 2.34. The van der Waals surface area contributed by atoms with Gasteiger partial charge in [-0.1, -0.05) is 13.0 Å². The minimum atomic E-state index is -4.52. The molecule has 7 nitrogen and oxygen atoms in total. The van der Waals surface area contributed by atoms with Crippen molar-refractivity contribution in [1.29, 1.82) is 0 Å². The van der Waals surface area contributed by atoms with Crippen LogP contribution in [0.1, 0.15) is 55.6 Å². The minimum Gasteiger partial charge on any atom is -0.384 e. The summed E-state index contributed by atoms with van der Waals surface area (Å²) in [7, 11) is 0. The number of Topliss-reactive ketones (excluding diaryl/α,β-unsaturated/α-hetero) is 1. The lowest BCUT2D eigenvalue weighted by Crippen LogP contribution is -2.13. The lowest BCUT2D eigenvalue weighted by atomic mass is 10.0. The Hall–Kier alpha value is -3.34. The molecule has 1 amide bonds. The van der Waals surface area contributed by atoms with E-state index in [0.29, 0.717) is 5.01 Å². The molecular weight excluding hydrogens is 431 g/mol. The Balaban J connectivity index is 1.69. The summed E-state index contributed by atoms with van der Waals surface area (Å²) in [5.41, 5.74) is 5.03. The van der Waals surface area contributed by atoms with Gasteiger partial charge < -0.3 is 11.1 Å². The highest BCUT2D eigenvalue weighted by atomic mass is 32.1. The van der Waals surface area contributed by atoms with E-state index in [4.69, 9.17) is 5.73 Å². The van der Waals surface area contributed by atoms with Crippen LogP contribution in [0, 0.1) is 6.92 Å². The molecular formula is C20H18F3N5O2S. The summed E-state index contributed by atoms with van der Waals surface area (Å²) in [4.78, 5) is 36.9. The molecule has 2 heterocycles. The Labute approximate surface area is 179 Å². The number of alkyl halides is 3. The summed E-state index contributed by atoms with van der Waals surface area (Å²) in [5.74, 6) is -0.944. The van der Waals surface area contributed by atoms with E-state index in [9.17, 15) is 22.8 Å². The standard InChI is InChI=1S/C20H18F3N5O2S/c1-10-3-4-12(6-13(10)20(21,22)23)28-18(30)16-8-25-19(31-16)11(2)5-15(29)14-7-17(24)27-9-26-14/h3-4,6-9,11H,5H2,1-2H3,(H,28,30)(H2,24,26,27). The second-order valence-electron chi connectivity index (χ2n) is 6.90. The van der Waals surface area contributed by atoms with Gasteiger partial charge in [-0.25, -0.2) is 15.0 Å². The molecule has 0 aliphatic rings. The molecule has 0 aliphatic heterocycles. The van der Waals surface area contributed by atoms with Crippen LogP contribution in [0.25, 0.3) is 0 Å². The molecule has 0 fully saturated rings. The fourth-order valence-electron chi connectivity index (χ4n) is 2.81. The van der Waals surface area contributed by atoms with Crippen molar-refractivity contribution in [3.05, 3.63) is 63.5 Å². The topological polar surface area (TPSA) is 111 Å². The molecule has 3 aromatic rings.